The van der Waals surface area contributed by atoms with E-state index in [1.54, 1.807) is 0 Å². The molecule has 3 aromatic rings. The van der Waals surface area contributed by atoms with Crippen molar-refractivity contribution >= 4 is 28.8 Å². The summed E-state index contributed by atoms with van der Waals surface area (Å²) in [5, 5.41) is 8.38. The lowest BCUT2D eigenvalue weighted by atomic mass is 9.87. The minimum absolute atomic E-state index is 0.124. The summed E-state index contributed by atoms with van der Waals surface area (Å²) in [4.78, 5) is 27.3. The zero-order valence-corrected chi connectivity index (χ0v) is 17.8. The number of amides is 1. The summed E-state index contributed by atoms with van der Waals surface area (Å²) in [7, 11) is 0. The van der Waals surface area contributed by atoms with Gasteiger partial charge in [0, 0.05) is 23.2 Å². The Balaban J connectivity index is 1.42. The Labute approximate surface area is 188 Å². The molecule has 0 spiro atoms. The maximum Gasteiger partial charge on any atom is 0.433 e. The third-order valence-electron chi connectivity index (χ3n) is 6.54. The van der Waals surface area contributed by atoms with Gasteiger partial charge in [-0.1, -0.05) is 6.07 Å². The molecule has 9 heteroatoms. The van der Waals surface area contributed by atoms with Crippen LogP contribution in [0.3, 0.4) is 0 Å². The molecule has 2 aromatic heterocycles. The normalized spacial score (nSPS) is 21.2. The van der Waals surface area contributed by atoms with E-state index in [1.807, 2.05) is 23.0 Å². The molecule has 6 nitrogen and oxygen atoms in total. The zero-order valence-electron chi connectivity index (χ0n) is 17.8. The molecule has 0 atom stereocenters. The van der Waals surface area contributed by atoms with Crippen LogP contribution < -0.4 is 5.32 Å². The number of alkyl halides is 3. The van der Waals surface area contributed by atoms with E-state index in [2.05, 4.69) is 10.3 Å². The van der Waals surface area contributed by atoms with Gasteiger partial charge in [0.1, 0.15) is 17.7 Å². The first-order valence-electron chi connectivity index (χ1n) is 11.2. The second-order valence-corrected chi connectivity index (χ2v) is 8.95. The van der Waals surface area contributed by atoms with Gasteiger partial charge in [0.05, 0.1) is 11.6 Å². The second-order valence-electron chi connectivity index (χ2n) is 8.95. The second kappa shape index (κ2) is 8.28. The molecule has 33 heavy (non-hydrogen) atoms. The molecule has 0 unspecified atom stereocenters. The number of hydrogen-bond acceptors (Lipinski definition) is 4. The first-order chi connectivity index (χ1) is 15.8. The van der Waals surface area contributed by atoms with E-state index in [9.17, 15) is 22.8 Å². The van der Waals surface area contributed by atoms with Gasteiger partial charge >= 0.3 is 6.18 Å². The fourth-order valence-electron chi connectivity index (χ4n) is 4.54. The van der Waals surface area contributed by atoms with E-state index in [0.717, 1.165) is 67.3 Å². The van der Waals surface area contributed by atoms with Crippen molar-refractivity contribution in [3.8, 4) is 0 Å². The Morgan fingerprint density at radius 2 is 1.85 bits per heavy atom. The summed E-state index contributed by atoms with van der Waals surface area (Å²) < 4.78 is 40.9. The van der Waals surface area contributed by atoms with Crippen LogP contribution in [0.5, 0.6) is 0 Å². The highest BCUT2D eigenvalue weighted by Crippen LogP contribution is 2.45. The Kier molecular flexibility index (Phi) is 5.42. The van der Waals surface area contributed by atoms with E-state index < -0.39 is 17.8 Å². The molecule has 2 fully saturated rings. The van der Waals surface area contributed by atoms with Crippen molar-refractivity contribution in [1.82, 2.24) is 14.8 Å². The first-order valence-corrected chi connectivity index (χ1v) is 11.2. The number of anilines is 1. The summed E-state index contributed by atoms with van der Waals surface area (Å²) in [5.41, 5.74) is 0.966. The summed E-state index contributed by atoms with van der Waals surface area (Å²) in [6.45, 7) is 0. The molecule has 5 rings (SSSR count). The minimum atomic E-state index is -4.62. The largest absolute Gasteiger partial charge is 0.433 e. The molecule has 0 aliphatic heterocycles. The van der Waals surface area contributed by atoms with Crippen molar-refractivity contribution in [2.45, 2.75) is 56.7 Å². The van der Waals surface area contributed by atoms with Crippen LogP contribution in [-0.4, -0.2) is 27.0 Å². The smallest absolute Gasteiger partial charge is 0.320 e. The van der Waals surface area contributed by atoms with Gasteiger partial charge < -0.3 is 10.1 Å². The lowest BCUT2D eigenvalue weighted by molar-refractivity contribution is -0.141. The van der Waals surface area contributed by atoms with Crippen molar-refractivity contribution in [3.05, 3.63) is 53.5 Å². The summed E-state index contributed by atoms with van der Waals surface area (Å²) in [5.74, 6) is -0.256. The highest BCUT2D eigenvalue weighted by Gasteiger charge is 2.33. The number of benzene rings is 1. The number of nitrogens with zero attached hydrogens (tertiary/aromatic N) is 3. The molecular weight excluding hydrogens is 433 g/mol. The number of rotatable bonds is 5. The van der Waals surface area contributed by atoms with Crippen molar-refractivity contribution in [2.75, 3.05) is 5.32 Å². The van der Waals surface area contributed by atoms with Gasteiger partial charge in [-0.3, -0.25) is 9.48 Å². The molecule has 2 heterocycles. The number of halogens is 3. The monoisotopic (exact) mass is 456 g/mol. The van der Waals surface area contributed by atoms with Crippen molar-refractivity contribution in [2.24, 2.45) is 5.92 Å². The minimum Gasteiger partial charge on any atom is -0.320 e. The molecule has 1 amide bonds. The van der Waals surface area contributed by atoms with Gasteiger partial charge in [0.2, 0.25) is 0 Å². The highest BCUT2D eigenvalue weighted by atomic mass is 19.4. The van der Waals surface area contributed by atoms with Crippen LogP contribution in [0.1, 0.15) is 72.2 Å². The molecule has 1 aromatic carbocycles. The third kappa shape index (κ3) is 4.49. The third-order valence-corrected chi connectivity index (χ3v) is 6.54. The van der Waals surface area contributed by atoms with E-state index in [-0.39, 0.29) is 17.7 Å². The number of aldehydes is 1. The van der Waals surface area contributed by atoms with Gasteiger partial charge in [-0.2, -0.15) is 18.3 Å². The lowest BCUT2D eigenvalue weighted by Crippen LogP contribution is -2.19. The molecule has 2 saturated carbocycles. The van der Waals surface area contributed by atoms with Crippen LogP contribution in [0.2, 0.25) is 0 Å². The van der Waals surface area contributed by atoms with Crippen LogP contribution in [0.4, 0.5) is 18.9 Å². The lowest BCUT2D eigenvalue weighted by Gasteiger charge is -2.25. The Morgan fingerprint density at radius 3 is 2.52 bits per heavy atom. The van der Waals surface area contributed by atoms with Gasteiger partial charge in [-0.15, -0.1) is 0 Å². The number of nitrogens with one attached hydrogen (secondary N) is 1. The molecular formula is C24H23F3N4O2. The van der Waals surface area contributed by atoms with E-state index >= 15 is 0 Å². The number of hydrogen-bond donors (Lipinski definition) is 1. The molecule has 0 saturated heterocycles. The summed E-state index contributed by atoms with van der Waals surface area (Å²) >= 11 is 0. The SMILES string of the molecule is O=CC1CCC(n2cc3cc(NC(=O)c4cccc(C(F)(F)F)n4)c(C4CC4)cc3n2)CC1. The van der Waals surface area contributed by atoms with Crippen LogP contribution >= 0.6 is 0 Å². The summed E-state index contributed by atoms with van der Waals surface area (Å²) in [6.07, 6.45) is 3.82. The number of carbonyl (C=O) groups is 2. The Hall–Kier alpha value is -3.23. The summed E-state index contributed by atoms with van der Waals surface area (Å²) in [6, 6.07) is 7.33. The quantitative estimate of drug-likeness (QED) is 0.514. The number of carbonyl (C=O) groups excluding carboxylic acids is 2. The van der Waals surface area contributed by atoms with Crippen molar-refractivity contribution < 1.29 is 22.8 Å². The maximum absolute atomic E-state index is 13.0. The average molecular weight is 456 g/mol. The topological polar surface area (TPSA) is 76.9 Å². The average Bonchev–Trinajstić information content (AvgIpc) is 3.57. The fourth-order valence-corrected chi connectivity index (χ4v) is 4.54. The highest BCUT2D eigenvalue weighted by molar-refractivity contribution is 6.04. The van der Waals surface area contributed by atoms with E-state index in [1.165, 1.54) is 12.1 Å². The first kappa shape index (κ1) is 21.6. The maximum atomic E-state index is 13.0. The van der Waals surface area contributed by atoms with Crippen LogP contribution in [0.25, 0.3) is 10.9 Å². The van der Waals surface area contributed by atoms with E-state index in [4.69, 9.17) is 5.10 Å². The van der Waals surface area contributed by atoms with E-state index in [0.29, 0.717) is 11.6 Å². The molecule has 2 aliphatic carbocycles. The molecule has 0 bridgehead atoms. The van der Waals surface area contributed by atoms with Crippen molar-refractivity contribution in [1.29, 1.82) is 0 Å². The van der Waals surface area contributed by atoms with Gasteiger partial charge in [-0.25, -0.2) is 4.98 Å². The van der Waals surface area contributed by atoms with Crippen molar-refractivity contribution in [3.63, 3.8) is 0 Å². The predicted molar refractivity (Wildman–Crippen MR) is 116 cm³/mol. The standard InChI is InChI=1S/C24H23F3N4O2/c25-24(26,27)22-3-1-2-19(28-22)23(33)29-21-10-16-12-31(17-8-4-14(13-32)5-9-17)30-20(16)11-18(21)15-6-7-15/h1-3,10-15,17H,4-9H2,(H,29,33). The Morgan fingerprint density at radius 1 is 1.09 bits per heavy atom. The predicted octanol–water partition coefficient (Wildman–Crippen LogP) is 5.51. The van der Waals surface area contributed by atoms with Crippen LogP contribution in [-0.2, 0) is 11.0 Å². The number of fused-ring (bicyclic) bond motifs is 1. The molecule has 2 aliphatic rings. The molecule has 172 valence electrons. The molecule has 1 N–H and O–H groups in total. The van der Waals surface area contributed by atoms with Crippen LogP contribution in [0, 0.1) is 5.92 Å². The number of aromatic nitrogens is 3. The molecule has 0 radical (unpaired) electrons. The fraction of sp³-hybridized carbons (Fsp3) is 0.417. The Bertz CT molecular complexity index is 1210. The van der Waals surface area contributed by atoms with Gasteiger partial charge in [0.25, 0.3) is 5.91 Å². The number of pyridine rings is 1. The zero-order chi connectivity index (χ0) is 23.2. The van der Waals surface area contributed by atoms with Gasteiger partial charge in [0.15, 0.2) is 0 Å². The van der Waals surface area contributed by atoms with Gasteiger partial charge in [-0.05, 0) is 74.3 Å². The van der Waals surface area contributed by atoms with Crippen LogP contribution in [0.15, 0.2) is 36.5 Å².